The molecule has 116 valence electrons. The largest absolute Gasteiger partial charge is 0.395 e. The fourth-order valence-electron chi connectivity index (χ4n) is 2.74. The molecule has 0 aromatic carbocycles. The van der Waals surface area contributed by atoms with Crippen molar-refractivity contribution in [3.63, 3.8) is 0 Å². The Kier molecular flexibility index (Phi) is 8.18. The van der Waals surface area contributed by atoms with Gasteiger partial charge in [-0.05, 0) is 24.2 Å². The van der Waals surface area contributed by atoms with Gasteiger partial charge in [0.05, 0.1) is 6.61 Å². The monoisotopic (exact) mass is 272 g/mol. The molecule has 0 aliphatic carbocycles. The van der Waals surface area contributed by atoms with E-state index in [1.54, 1.807) is 0 Å². The lowest BCUT2D eigenvalue weighted by Crippen LogP contribution is -2.58. The summed E-state index contributed by atoms with van der Waals surface area (Å²) in [5.74, 6) is 0.585. The zero-order valence-electron chi connectivity index (χ0n) is 14.1. The van der Waals surface area contributed by atoms with Crippen molar-refractivity contribution in [2.45, 2.75) is 79.4 Å². The SMILES string of the molecule is CCC(CC)N(CC(C)C)C(CO)C(N)C(C)(C)C. The van der Waals surface area contributed by atoms with E-state index < -0.39 is 0 Å². The normalized spacial score (nSPS) is 16.4. The molecule has 0 aromatic rings. The summed E-state index contributed by atoms with van der Waals surface area (Å²) >= 11 is 0. The summed E-state index contributed by atoms with van der Waals surface area (Å²) in [5.41, 5.74) is 6.44. The first-order valence-corrected chi connectivity index (χ1v) is 7.81. The van der Waals surface area contributed by atoms with E-state index in [0.29, 0.717) is 12.0 Å². The van der Waals surface area contributed by atoms with Gasteiger partial charge in [0, 0.05) is 24.7 Å². The van der Waals surface area contributed by atoms with Crippen molar-refractivity contribution in [1.29, 1.82) is 0 Å². The van der Waals surface area contributed by atoms with Gasteiger partial charge in [-0.1, -0.05) is 48.5 Å². The summed E-state index contributed by atoms with van der Waals surface area (Å²) in [6.45, 7) is 16.5. The van der Waals surface area contributed by atoms with Gasteiger partial charge < -0.3 is 10.8 Å². The van der Waals surface area contributed by atoms with Gasteiger partial charge in [0.2, 0.25) is 0 Å². The van der Waals surface area contributed by atoms with E-state index in [2.05, 4.69) is 53.4 Å². The molecule has 0 amide bonds. The Morgan fingerprint density at radius 3 is 1.84 bits per heavy atom. The standard InChI is InChI=1S/C16H36N2O/c1-8-13(9-2)18(10-12(3)4)14(11-19)15(17)16(5,6)7/h12-15,19H,8-11,17H2,1-7H3. The third kappa shape index (κ3) is 5.80. The van der Waals surface area contributed by atoms with Crippen LogP contribution >= 0.6 is 0 Å². The highest BCUT2D eigenvalue weighted by molar-refractivity contribution is 4.92. The number of aliphatic hydroxyl groups excluding tert-OH is 1. The van der Waals surface area contributed by atoms with Gasteiger partial charge in [0.15, 0.2) is 0 Å². The second kappa shape index (κ2) is 8.23. The van der Waals surface area contributed by atoms with Gasteiger partial charge in [-0.15, -0.1) is 0 Å². The van der Waals surface area contributed by atoms with E-state index in [1.165, 1.54) is 0 Å². The molecule has 2 atom stereocenters. The van der Waals surface area contributed by atoms with Crippen LogP contribution in [0.4, 0.5) is 0 Å². The Morgan fingerprint density at radius 1 is 1.11 bits per heavy atom. The van der Waals surface area contributed by atoms with Crippen LogP contribution in [0, 0.1) is 11.3 Å². The number of nitrogens with zero attached hydrogens (tertiary/aromatic N) is 1. The molecule has 0 saturated heterocycles. The number of nitrogens with two attached hydrogens (primary N) is 1. The molecule has 0 saturated carbocycles. The van der Waals surface area contributed by atoms with Gasteiger partial charge >= 0.3 is 0 Å². The van der Waals surface area contributed by atoms with E-state index in [1.807, 2.05) is 0 Å². The van der Waals surface area contributed by atoms with Crippen molar-refractivity contribution in [1.82, 2.24) is 4.90 Å². The Bertz CT molecular complexity index is 231. The van der Waals surface area contributed by atoms with Crippen molar-refractivity contribution in [3.8, 4) is 0 Å². The summed E-state index contributed by atoms with van der Waals surface area (Å²) in [6.07, 6.45) is 2.22. The fourth-order valence-corrected chi connectivity index (χ4v) is 2.74. The second-order valence-electron chi connectivity index (χ2n) is 7.20. The van der Waals surface area contributed by atoms with Crippen LogP contribution in [0.25, 0.3) is 0 Å². The molecule has 0 aliphatic rings. The molecule has 3 heteroatoms. The average Bonchev–Trinajstić information content (AvgIpc) is 2.29. The summed E-state index contributed by atoms with van der Waals surface area (Å²) in [4.78, 5) is 2.45. The quantitative estimate of drug-likeness (QED) is 0.714. The van der Waals surface area contributed by atoms with Crippen LogP contribution in [0.2, 0.25) is 0 Å². The predicted octanol–water partition coefficient (Wildman–Crippen LogP) is 2.87. The van der Waals surface area contributed by atoms with Crippen LogP contribution in [-0.2, 0) is 0 Å². The summed E-state index contributed by atoms with van der Waals surface area (Å²) in [5, 5.41) is 9.86. The number of rotatable bonds is 8. The minimum Gasteiger partial charge on any atom is -0.395 e. The van der Waals surface area contributed by atoms with Crippen LogP contribution in [0.15, 0.2) is 0 Å². The van der Waals surface area contributed by atoms with Crippen LogP contribution < -0.4 is 5.73 Å². The molecular formula is C16H36N2O. The van der Waals surface area contributed by atoms with Gasteiger partial charge in [0.1, 0.15) is 0 Å². The zero-order chi connectivity index (χ0) is 15.2. The summed E-state index contributed by atoms with van der Waals surface area (Å²) < 4.78 is 0. The molecule has 0 radical (unpaired) electrons. The Labute approximate surface area is 120 Å². The topological polar surface area (TPSA) is 49.5 Å². The average molecular weight is 272 g/mol. The third-order valence-electron chi connectivity index (χ3n) is 4.02. The Hall–Kier alpha value is -0.120. The van der Waals surface area contributed by atoms with E-state index in [-0.39, 0.29) is 24.1 Å². The zero-order valence-corrected chi connectivity index (χ0v) is 14.1. The van der Waals surface area contributed by atoms with Crippen molar-refractivity contribution >= 4 is 0 Å². The second-order valence-corrected chi connectivity index (χ2v) is 7.20. The van der Waals surface area contributed by atoms with E-state index in [9.17, 15) is 5.11 Å². The molecular weight excluding hydrogens is 236 g/mol. The van der Waals surface area contributed by atoms with E-state index in [0.717, 1.165) is 19.4 Å². The lowest BCUT2D eigenvalue weighted by Gasteiger charge is -2.44. The molecule has 0 fully saturated rings. The van der Waals surface area contributed by atoms with Gasteiger partial charge in [-0.2, -0.15) is 0 Å². The molecule has 0 aromatic heterocycles. The smallest absolute Gasteiger partial charge is 0.0602 e. The molecule has 0 spiro atoms. The number of hydrogen-bond donors (Lipinski definition) is 2. The van der Waals surface area contributed by atoms with Crippen molar-refractivity contribution in [2.75, 3.05) is 13.2 Å². The molecule has 0 bridgehead atoms. The minimum absolute atomic E-state index is 0.00859. The maximum absolute atomic E-state index is 9.86. The number of hydrogen-bond acceptors (Lipinski definition) is 3. The highest BCUT2D eigenvalue weighted by Crippen LogP contribution is 2.26. The lowest BCUT2D eigenvalue weighted by molar-refractivity contribution is 0.0290. The maximum atomic E-state index is 9.86. The molecule has 3 N–H and O–H groups in total. The van der Waals surface area contributed by atoms with Gasteiger partial charge in [-0.3, -0.25) is 4.90 Å². The first kappa shape index (κ1) is 18.9. The maximum Gasteiger partial charge on any atom is 0.0602 e. The molecule has 0 aliphatic heterocycles. The van der Waals surface area contributed by atoms with E-state index >= 15 is 0 Å². The van der Waals surface area contributed by atoms with Crippen molar-refractivity contribution in [2.24, 2.45) is 17.1 Å². The predicted molar refractivity (Wildman–Crippen MR) is 84.2 cm³/mol. The van der Waals surface area contributed by atoms with Crippen molar-refractivity contribution < 1.29 is 5.11 Å². The Morgan fingerprint density at radius 2 is 1.58 bits per heavy atom. The first-order valence-electron chi connectivity index (χ1n) is 7.81. The molecule has 0 rings (SSSR count). The Balaban J connectivity index is 5.17. The molecule has 3 nitrogen and oxygen atoms in total. The highest BCUT2D eigenvalue weighted by Gasteiger charge is 2.35. The van der Waals surface area contributed by atoms with Crippen LogP contribution in [0.1, 0.15) is 61.3 Å². The van der Waals surface area contributed by atoms with Crippen LogP contribution in [0.5, 0.6) is 0 Å². The molecule has 2 unspecified atom stereocenters. The molecule has 19 heavy (non-hydrogen) atoms. The van der Waals surface area contributed by atoms with Crippen LogP contribution in [0.3, 0.4) is 0 Å². The summed E-state index contributed by atoms with van der Waals surface area (Å²) in [7, 11) is 0. The third-order valence-corrected chi connectivity index (χ3v) is 4.02. The number of aliphatic hydroxyl groups is 1. The lowest BCUT2D eigenvalue weighted by atomic mass is 9.81. The van der Waals surface area contributed by atoms with E-state index in [4.69, 9.17) is 5.73 Å². The van der Waals surface area contributed by atoms with Crippen LogP contribution in [-0.4, -0.2) is 41.3 Å². The molecule has 0 heterocycles. The summed E-state index contributed by atoms with van der Waals surface area (Å²) in [6, 6.07) is 0.539. The van der Waals surface area contributed by atoms with Gasteiger partial charge in [-0.25, -0.2) is 0 Å². The first-order chi connectivity index (χ1) is 8.68. The fraction of sp³-hybridized carbons (Fsp3) is 1.00. The van der Waals surface area contributed by atoms with Gasteiger partial charge in [0.25, 0.3) is 0 Å². The highest BCUT2D eigenvalue weighted by atomic mass is 16.3. The minimum atomic E-state index is -0.0168. The van der Waals surface area contributed by atoms with Crippen molar-refractivity contribution in [3.05, 3.63) is 0 Å².